The maximum Gasteiger partial charge on any atom is 0.219 e. The molecule has 1 saturated heterocycles. The van der Waals surface area contributed by atoms with E-state index in [1.54, 1.807) is 13.3 Å². The van der Waals surface area contributed by atoms with Gasteiger partial charge in [-0.2, -0.15) is 5.10 Å². The van der Waals surface area contributed by atoms with Crippen molar-refractivity contribution in [2.24, 2.45) is 0 Å². The van der Waals surface area contributed by atoms with Crippen molar-refractivity contribution < 1.29 is 9.90 Å². The van der Waals surface area contributed by atoms with Gasteiger partial charge in [-0.3, -0.25) is 14.8 Å². The number of aromatic amines is 1. The van der Waals surface area contributed by atoms with Gasteiger partial charge in [-0.05, 0) is 30.4 Å². The Morgan fingerprint density at radius 2 is 2.03 bits per heavy atom. The number of hydrogen-bond donors (Lipinski definition) is 3. The molecule has 3 N–H and O–H groups in total. The number of aliphatic hydroxyl groups excluding tert-OH is 1. The quantitative estimate of drug-likeness (QED) is 0.441. The van der Waals surface area contributed by atoms with Gasteiger partial charge in [0.15, 0.2) is 5.82 Å². The predicted molar refractivity (Wildman–Crippen MR) is 133 cm³/mol. The first-order chi connectivity index (χ1) is 16.6. The average Bonchev–Trinajstić information content (AvgIpc) is 3.27. The summed E-state index contributed by atoms with van der Waals surface area (Å²) in [7, 11) is 0. The van der Waals surface area contributed by atoms with E-state index in [0.29, 0.717) is 12.3 Å². The van der Waals surface area contributed by atoms with Gasteiger partial charge in [-0.15, -0.1) is 0 Å². The van der Waals surface area contributed by atoms with E-state index in [1.807, 2.05) is 4.90 Å². The molecule has 1 fully saturated rings. The van der Waals surface area contributed by atoms with Crippen LogP contribution in [-0.2, 0) is 17.8 Å². The number of anilines is 1. The highest BCUT2D eigenvalue weighted by molar-refractivity contribution is 7.99. The minimum Gasteiger partial charge on any atom is -0.391 e. The Morgan fingerprint density at radius 1 is 1.24 bits per heavy atom. The second kappa shape index (κ2) is 10.3. The van der Waals surface area contributed by atoms with Crippen molar-refractivity contribution in [1.29, 1.82) is 0 Å². The highest BCUT2D eigenvalue weighted by Crippen LogP contribution is 2.28. The first-order valence-electron chi connectivity index (χ1n) is 11.9. The van der Waals surface area contributed by atoms with E-state index in [4.69, 9.17) is 0 Å². The SMILES string of the molecule is CC(=O)N1CCC(Nc2ncnc3c(SCC(O)CN4CCc5ccccc5C4)n[nH]c23)CC1. The number of nitrogens with one attached hydrogen (secondary N) is 2. The van der Waals surface area contributed by atoms with Gasteiger partial charge >= 0.3 is 0 Å². The number of nitrogens with zero attached hydrogens (tertiary/aromatic N) is 5. The highest BCUT2D eigenvalue weighted by Gasteiger charge is 2.23. The molecule has 0 bridgehead atoms. The summed E-state index contributed by atoms with van der Waals surface area (Å²) in [6.45, 7) is 5.63. The Balaban J connectivity index is 1.16. The summed E-state index contributed by atoms with van der Waals surface area (Å²) in [5, 5.41) is 22.5. The minimum absolute atomic E-state index is 0.130. The van der Waals surface area contributed by atoms with Crippen LogP contribution < -0.4 is 5.32 Å². The normalized spacial score (nSPS) is 18.1. The van der Waals surface area contributed by atoms with Crippen molar-refractivity contribution in [2.75, 3.05) is 37.2 Å². The van der Waals surface area contributed by atoms with E-state index >= 15 is 0 Å². The van der Waals surface area contributed by atoms with Gasteiger partial charge in [0, 0.05) is 51.4 Å². The van der Waals surface area contributed by atoms with Gasteiger partial charge in [0.25, 0.3) is 0 Å². The first kappa shape index (κ1) is 23.1. The lowest BCUT2D eigenvalue weighted by molar-refractivity contribution is -0.129. The van der Waals surface area contributed by atoms with Crippen LogP contribution in [0, 0.1) is 0 Å². The molecule has 1 unspecified atom stereocenters. The molecule has 1 aromatic carbocycles. The summed E-state index contributed by atoms with van der Waals surface area (Å²) in [6, 6.07) is 8.80. The second-order valence-electron chi connectivity index (χ2n) is 9.12. The number of rotatable bonds is 7. The molecule has 9 nitrogen and oxygen atoms in total. The Labute approximate surface area is 203 Å². The number of carbonyl (C=O) groups excluding carboxylic acids is 1. The largest absolute Gasteiger partial charge is 0.391 e. The number of β-amino-alcohol motifs (C(OH)–C–C–N with tert-alkyl or cyclic N) is 1. The van der Waals surface area contributed by atoms with Gasteiger partial charge in [0.2, 0.25) is 5.91 Å². The lowest BCUT2D eigenvalue weighted by Gasteiger charge is -2.31. The fourth-order valence-electron chi connectivity index (χ4n) is 4.79. The summed E-state index contributed by atoms with van der Waals surface area (Å²) in [6.07, 6.45) is 3.90. The molecule has 2 aromatic heterocycles. The molecular weight excluding hydrogens is 450 g/mol. The summed E-state index contributed by atoms with van der Waals surface area (Å²) in [4.78, 5) is 24.6. The Morgan fingerprint density at radius 3 is 2.82 bits per heavy atom. The molecule has 10 heteroatoms. The number of aliphatic hydroxyl groups is 1. The molecular formula is C24H31N7O2S. The minimum atomic E-state index is -0.451. The summed E-state index contributed by atoms with van der Waals surface area (Å²) >= 11 is 1.52. The van der Waals surface area contributed by atoms with Crippen molar-refractivity contribution >= 4 is 34.5 Å². The van der Waals surface area contributed by atoms with E-state index in [0.717, 1.165) is 67.3 Å². The van der Waals surface area contributed by atoms with Crippen LogP contribution in [0.4, 0.5) is 5.82 Å². The van der Waals surface area contributed by atoms with Crippen LogP contribution in [0.25, 0.3) is 11.0 Å². The smallest absolute Gasteiger partial charge is 0.219 e. The highest BCUT2D eigenvalue weighted by atomic mass is 32.2. The lowest BCUT2D eigenvalue weighted by atomic mass is 10.00. The summed E-state index contributed by atoms with van der Waals surface area (Å²) in [5.74, 6) is 1.41. The van der Waals surface area contributed by atoms with Crippen LogP contribution in [0.5, 0.6) is 0 Å². The molecule has 4 heterocycles. The third-order valence-electron chi connectivity index (χ3n) is 6.69. The van der Waals surface area contributed by atoms with Gasteiger partial charge < -0.3 is 15.3 Å². The number of amides is 1. The molecule has 3 aromatic rings. The standard InChI is InChI=1S/C24H31N7O2S/c1-16(32)31-10-7-19(8-11-31)27-23-21-22(25-15-26-23)24(29-28-21)34-14-20(33)13-30-9-6-17-4-2-3-5-18(17)12-30/h2-5,15,19-20,33H,6-14H2,1H3,(H,28,29)(H,25,26,27). The molecule has 34 heavy (non-hydrogen) atoms. The van der Waals surface area contributed by atoms with E-state index in [9.17, 15) is 9.90 Å². The third kappa shape index (κ3) is 5.18. The molecule has 0 aliphatic carbocycles. The van der Waals surface area contributed by atoms with Crippen LogP contribution in [0.3, 0.4) is 0 Å². The van der Waals surface area contributed by atoms with Crippen LogP contribution in [0.1, 0.15) is 30.9 Å². The zero-order valence-corrected chi connectivity index (χ0v) is 20.2. The summed E-state index contributed by atoms with van der Waals surface area (Å²) in [5.41, 5.74) is 4.32. The van der Waals surface area contributed by atoms with Crippen molar-refractivity contribution in [3.63, 3.8) is 0 Å². The number of aromatic nitrogens is 4. The zero-order chi connectivity index (χ0) is 23.5. The number of H-pyrrole nitrogens is 1. The van der Waals surface area contributed by atoms with Crippen molar-refractivity contribution in [1.82, 2.24) is 30.0 Å². The molecule has 1 amide bonds. The van der Waals surface area contributed by atoms with Gasteiger partial charge in [0.1, 0.15) is 22.4 Å². The maximum atomic E-state index is 11.6. The number of thioether (sulfide) groups is 1. The molecule has 1 atom stereocenters. The molecule has 0 radical (unpaired) electrons. The van der Waals surface area contributed by atoms with E-state index in [1.165, 1.54) is 22.9 Å². The van der Waals surface area contributed by atoms with Crippen LogP contribution in [0.15, 0.2) is 35.6 Å². The monoisotopic (exact) mass is 481 g/mol. The molecule has 180 valence electrons. The fraction of sp³-hybridized carbons (Fsp3) is 0.500. The van der Waals surface area contributed by atoms with Crippen molar-refractivity contribution in [2.45, 2.75) is 49.9 Å². The van der Waals surface area contributed by atoms with Crippen LogP contribution in [0.2, 0.25) is 0 Å². The van der Waals surface area contributed by atoms with Gasteiger partial charge in [0.05, 0.1) is 6.10 Å². The average molecular weight is 482 g/mol. The molecule has 5 rings (SSSR count). The molecule has 2 aliphatic rings. The third-order valence-corrected chi connectivity index (χ3v) is 7.80. The van der Waals surface area contributed by atoms with E-state index in [2.05, 4.69) is 54.6 Å². The summed E-state index contributed by atoms with van der Waals surface area (Å²) < 4.78 is 0. The fourth-order valence-corrected chi connectivity index (χ4v) is 5.65. The number of likely N-dealkylation sites (tertiary alicyclic amines) is 1. The number of piperidine rings is 1. The number of fused-ring (bicyclic) bond motifs is 2. The molecule has 0 saturated carbocycles. The second-order valence-corrected chi connectivity index (χ2v) is 10.1. The first-order valence-corrected chi connectivity index (χ1v) is 12.9. The Bertz CT molecular complexity index is 1150. The van der Waals surface area contributed by atoms with Crippen molar-refractivity contribution in [3.8, 4) is 0 Å². The van der Waals surface area contributed by atoms with Gasteiger partial charge in [-0.25, -0.2) is 9.97 Å². The van der Waals surface area contributed by atoms with E-state index in [-0.39, 0.29) is 11.9 Å². The van der Waals surface area contributed by atoms with Crippen LogP contribution in [-0.4, -0.2) is 85.1 Å². The van der Waals surface area contributed by atoms with Crippen molar-refractivity contribution in [3.05, 3.63) is 41.7 Å². The lowest BCUT2D eigenvalue weighted by Crippen LogP contribution is -2.41. The molecule has 0 spiro atoms. The number of carbonyl (C=O) groups is 1. The van der Waals surface area contributed by atoms with Gasteiger partial charge in [-0.1, -0.05) is 36.0 Å². The molecule has 2 aliphatic heterocycles. The topological polar surface area (TPSA) is 110 Å². The van der Waals surface area contributed by atoms with Crippen LogP contribution >= 0.6 is 11.8 Å². The number of hydrogen-bond acceptors (Lipinski definition) is 8. The zero-order valence-electron chi connectivity index (χ0n) is 19.4. The Kier molecular flexibility index (Phi) is 6.98. The Hall–Kier alpha value is -2.69. The maximum absolute atomic E-state index is 11.6. The number of benzene rings is 1. The van der Waals surface area contributed by atoms with E-state index < -0.39 is 6.10 Å². The predicted octanol–water partition coefficient (Wildman–Crippen LogP) is 2.29.